The number of amides is 1. The van der Waals surface area contributed by atoms with E-state index in [0.717, 1.165) is 37.1 Å². The molecule has 0 aromatic heterocycles. The fourth-order valence-corrected chi connectivity index (χ4v) is 6.18. The van der Waals surface area contributed by atoms with Crippen molar-refractivity contribution < 1.29 is 45.8 Å². The number of ether oxygens (including phenoxy) is 1. The molecule has 13 heteroatoms. The molecule has 2 fully saturated rings. The minimum absolute atomic E-state index is 0.235. The van der Waals surface area contributed by atoms with E-state index in [1.807, 2.05) is 0 Å². The van der Waals surface area contributed by atoms with E-state index >= 15 is 0 Å². The van der Waals surface area contributed by atoms with E-state index in [-0.39, 0.29) is 38.1 Å². The maximum atomic E-state index is 14.2. The summed E-state index contributed by atoms with van der Waals surface area (Å²) < 4.78 is 90.2. The molecule has 2 N–H and O–H groups in total. The van der Waals surface area contributed by atoms with Gasteiger partial charge >= 0.3 is 18.3 Å². The third-order valence-corrected chi connectivity index (χ3v) is 8.40. The van der Waals surface area contributed by atoms with Crippen LogP contribution in [0.3, 0.4) is 0 Å². The molecule has 1 saturated heterocycles. The molecule has 2 aliphatic rings. The lowest BCUT2D eigenvalue weighted by Gasteiger charge is -2.26. The highest BCUT2D eigenvalue weighted by Crippen LogP contribution is 2.48. The number of carbonyl (C=O) groups is 2. The van der Waals surface area contributed by atoms with Crippen LogP contribution in [0.2, 0.25) is 0 Å². The Balaban J connectivity index is 1.55. The van der Waals surface area contributed by atoms with Gasteiger partial charge in [-0.15, -0.1) is 0 Å². The van der Waals surface area contributed by atoms with Crippen molar-refractivity contribution in [3.05, 3.63) is 59.2 Å². The largest absolute Gasteiger partial charge is 0.481 e. The Kier molecular flexibility index (Phi) is 10.1. The third kappa shape index (κ3) is 8.21. The average Bonchev–Trinajstić information content (AvgIpc) is 2.94. The molecule has 1 aliphatic carbocycles. The van der Waals surface area contributed by atoms with Crippen molar-refractivity contribution in [2.75, 3.05) is 38.2 Å². The van der Waals surface area contributed by atoms with Gasteiger partial charge in [0.05, 0.1) is 30.3 Å². The number of nitrogens with one attached hydrogen (secondary N) is 1. The number of halogens is 6. The molecule has 0 bridgehead atoms. The van der Waals surface area contributed by atoms with Gasteiger partial charge < -0.3 is 20.1 Å². The second-order valence-electron chi connectivity index (χ2n) is 10.2. The van der Waals surface area contributed by atoms with E-state index in [0.29, 0.717) is 41.7 Å². The summed E-state index contributed by atoms with van der Waals surface area (Å²) >= 11 is 0.568. The number of rotatable bonds is 8. The van der Waals surface area contributed by atoms with Crippen LogP contribution in [0.25, 0.3) is 6.08 Å². The molecule has 42 heavy (non-hydrogen) atoms. The van der Waals surface area contributed by atoms with Crippen molar-refractivity contribution in [1.82, 2.24) is 4.90 Å². The number of anilines is 1. The number of aliphatic carboxylic acids is 1. The van der Waals surface area contributed by atoms with E-state index in [1.165, 1.54) is 11.0 Å². The van der Waals surface area contributed by atoms with Crippen molar-refractivity contribution in [2.45, 2.75) is 47.8 Å². The van der Waals surface area contributed by atoms with Gasteiger partial charge in [0.1, 0.15) is 0 Å². The number of hydrogen-bond donors (Lipinski definition) is 2. The van der Waals surface area contributed by atoms with Gasteiger partial charge in [-0.2, -0.15) is 26.3 Å². The number of carbonyl (C=O) groups excluding carboxylic acids is 1. The molecule has 1 aliphatic heterocycles. The molecule has 0 spiro atoms. The zero-order valence-electron chi connectivity index (χ0n) is 22.4. The van der Waals surface area contributed by atoms with E-state index in [4.69, 9.17) is 9.84 Å². The van der Waals surface area contributed by atoms with E-state index in [1.54, 1.807) is 18.2 Å². The molecule has 0 atom stereocenters. The highest BCUT2D eigenvalue weighted by Gasteiger charge is 2.46. The molecular weight excluding hydrogens is 586 g/mol. The van der Waals surface area contributed by atoms with Gasteiger partial charge in [0, 0.05) is 41.2 Å². The highest BCUT2D eigenvalue weighted by atomic mass is 32.2. The normalized spacial score (nSPS) is 20.1. The van der Waals surface area contributed by atoms with Crippen molar-refractivity contribution in [3.8, 4) is 0 Å². The first-order valence-corrected chi connectivity index (χ1v) is 14.3. The summed E-state index contributed by atoms with van der Waals surface area (Å²) in [6.07, 6.45) is -6.43. The quantitative estimate of drug-likeness (QED) is 0.245. The number of nitrogens with zero attached hydrogens (tertiary/aromatic N) is 1. The smallest absolute Gasteiger partial charge is 0.418 e. The summed E-state index contributed by atoms with van der Waals surface area (Å²) in [6, 6.07) is 8.31. The summed E-state index contributed by atoms with van der Waals surface area (Å²) in [4.78, 5) is 24.6. The molecule has 0 radical (unpaired) electrons. The van der Waals surface area contributed by atoms with Crippen LogP contribution < -0.4 is 5.32 Å². The first kappa shape index (κ1) is 31.7. The summed E-state index contributed by atoms with van der Waals surface area (Å²) in [6.45, 7) is 1.54. The Morgan fingerprint density at radius 3 is 2.26 bits per heavy atom. The van der Waals surface area contributed by atoms with Crippen molar-refractivity contribution in [2.24, 2.45) is 11.8 Å². The van der Waals surface area contributed by atoms with Crippen LogP contribution in [0.1, 0.15) is 42.4 Å². The Morgan fingerprint density at radius 1 is 0.976 bits per heavy atom. The number of benzene rings is 2. The Labute approximate surface area is 243 Å². The van der Waals surface area contributed by atoms with Crippen LogP contribution in [0.4, 0.5) is 32.0 Å². The van der Waals surface area contributed by atoms with Gasteiger partial charge in [-0.25, -0.2) is 0 Å². The maximum absolute atomic E-state index is 14.2. The minimum Gasteiger partial charge on any atom is -0.481 e. The van der Waals surface area contributed by atoms with E-state index in [9.17, 15) is 35.9 Å². The maximum Gasteiger partial charge on any atom is 0.418 e. The molecule has 0 unspecified atom stereocenters. The van der Waals surface area contributed by atoms with Gasteiger partial charge in [-0.1, -0.05) is 23.9 Å². The van der Waals surface area contributed by atoms with Gasteiger partial charge in [0.2, 0.25) is 5.91 Å². The SMILES string of the molecule is O=C(O)C1CCC(CNc2cccc(Sc3ccc(C=CC(=O)N4CCOCC4)c(C(F)(F)F)c3C(F)(F)F)c2)CC1. The second-order valence-corrected chi connectivity index (χ2v) is 11.4. The summed E-state index contributed by atoms with van der Waals surface area (Å²) in [5, 5.41) is 12.4. The number of alkyl halides is 6. The summed E-state index contributed by atoms with van der Waals surface area (Å²) in [7, 11) is 0. The minimum atomic E-state index is -5.34. The lowest BCUT2D eigenvalue weighted by Crippen LogP contribution is -2.39. The lowest BCUT2D eigenvalue weighted by atomic mass is 9.82. The molecule has 6 nitrogen and oxygen atoms in total. The van der Waals surface area contributed by atoms with Crippen LogP contribution in [-0.2, 0) is 26.7 Å². The molecule has 2 aromatic carbocycles. The monoisotopic (exact) mass is 616 g/mol. The Morgan fingerprint density at radius 2 is 1.64 bits per heavy atom. The topological polar surface area (TPSA) is 78.9 Å². The highest BCUT2D eigenvalue weighted by molar-refractivity contribution is 7.99. The van der Waals surface area contributed by atoms with Crippen molar-refractivity contribution >= 4 is 35.4 Å². The van der Waals surface area contributed by atoms with Crippen LogP contribution in [0.15, 0.2) is 52.3 Å². The zero-order valence-corrected chi connectivity index (χ0v) is 23.2. The average molecular weight is 617 g/mol. The fraction of sp³-hybridized carbons (Fsp3) is 0.448. The second kappa shape index (κ2) is 13.4. The molecule has 228 valence electrons. The molecule has 4 rings (SSSR count). The lowest BCUT2D eigenvalue weighted by molar-refractivity contribution is -0.163. The molecule has 1 saturated carbocycles. The molecule has 1 amide bonds. The fourth-order valence-electron chi connectivity index (χ4n) is 5.13. The van der Waals surface area contributed by atoms with Gasteiger partial charge in [-0.05, 0) is 67.5 Å². The number of morpholine rings is 1. The van der Waals surface area contributed by atoms with Gasteiger partial charge in [0.25, 0.3) is 0 Å². The van der Waals surface area contributed by atoms with Crippen LogP contribution in [-0.4, -0.2) is 54.7 Å². The summed E-state index contributed by atoms with van der Waals surface area (Å²) in [5.74, 6) is -1.53. The van der Waals surface area contributed by atoms with Crippen LogP contribution in [0, 0.1) is 11.8 Å². The Hall–Kier alpha value is -3.19. The van der Waals surface area contributed by atoms with Crippen LogP contribution in [0.5, 0.6) is 0 Å². The summed E-state index contributed by atoms with van der Waals surface area (Å²) in [5.41, 5.74) is -3.83. The number of carboxylic acids is 1. The van der Waals surface area contributed by atoms with Crippen LogP contribution >= 0.6 is 11.8 Å². The third-order valence-electron chi connectivity index (χ3n) is 7.35. The predicted octanol–water partition coefficient (Wildman–Crippen LogP) is 7.05. The first-order chi connectivity index (χ1) is 19.8. The number of carboxylic acid groups (broad SMARTS) is 1. The van der Waals surface area contributed by atoms with Crippen molar-refractivity contribution in [1.29, 1.82) is 0 Å². The molecular formula is C29H30F6N2O4S. The van der Waals surface area contributed by atoms with Gasteiger partial charge in [0.15, 0.2) is 0 Å². The first-order valence-electron chi connectivity index (χ1n) is 13.4. The standard InChI is InChI=1S/C29H30F6N2O4S/c30-28(31,32)25-19(9-11-24(38)37-12-14-41-15-13-37)8-10-23(26(25)29(33,34)35)42-22-3-1-2-21(16-22)36-17-18-4-6-20(7-5-18)27(39)40/h1-3,8-11,16,18,20,36H,4-7,12-15,17H2,(H,39,40). The zero-order chi connectivity index (χ0) is 30.5. The predicted molar refractivity (Wildman–Crippen MR) is 145 cm³/mol. The van der Waals surface area contributed by atoms with Crippen molar-refractivity contribution in [3.63, 3.8) is 0 Å². The molecule has 1 heterocycles. The van der Waals surface area contributed by atoms with E-state index in [2.05, 4.69) is 5.32 Å². The van der Waals surface area contributed by atoms with E-state index < -0.39 is 45.8 Å². The Bertz CT molecular complexity index is 1300. The number of hydrogen-bond acceptors (Lipinski definition) is 5. The van der Waals surface area contributed by atoms with Gasteiger partial charge in [-0.3, -0.25) is 9.59 Å². The molecule has 2 aromatic rings.